The van der Waals surface area contributed by atoms with Gasteiger partial charge in [0.15, 0.2) is 5.11 Å². The molecule has 1 aromatic heterocycles. The molecule has 0 unspecified atom stereocenters. The number of ether oxygens (including phenoxy) is 1. The van der Waals surface area contributed by atoms with Crippen molar-refractivity contribution < 1.29 is 9.53 Å². The number of nitrogens with zero attached hydrogens (tertiary/aromatic N) is 3. The molecule has 0 aliphatic rings. The number of carbonyl (C=O) groups excluding carboxylic acids is 1. The largest absolute Gasteiger partial charge is 0.494 e. The molecule has 2 N–H and O–H groups in total. The molecule has 1 amide bonds. The van der Waals surface area contributed by atoms with Gasteiger partial charge in [0.1, 0.15) is 16.8 Å². The summed E-state index contributed by atoms with van der Waals surface area (Å²) in [5.74, 6) is 0.728. The monoisotopic (exact) mass is 397 g/mol. The number of fused-ring (bicyclic) bond motifs is 1. The molecule has 0 aliphatic carbocycles. The SMILES string of the molecule is CCCCC(=O)NC(=S)Nc1ccc2nn(-c3ccc(OCC)cc3)nc2c1. The zero-order chi connectivity index (χ0) is 19.9. The van der Waals surface area contributed by atoms with Crippen LogP contribution in [0.2, 0.25) is 0 Å². The lowest BCUT2D eigenvalue weighted by Gasteiger charge is -2.09. The number of anilines is 1. The van der Waals surface area contributed by atoms with Crippen LogP contribution in [-0.4, -0.2) is 32.6 Å². The molecule has 0 spiro atoms. The van der Waals surface area contributed by atoms with Crippen LogP contribution in [-0.2, 0) is 4.79 Å². The number of nitrogens with one attached hydrogen (secondary N) is 2. The van der Waals surface area contributed by atoms with Crippen LogP contribution < -0.4 is 15.4 Å². The Labute approximate surface area is 169 Å². The van der Waals surface area contributed by atoms with Gasteiger partial charge in [0.05, 0.1) is 12.3 Å². The molecule has 0 saturated carbocycles. The first-order chi connectivity index (χ1) is 13.6. The Morgan fingerprint density at radius 2 is 1.86 bits per heavy atom. The molecule has 3 rings (SSSR count). The van der Waals surface area contributed by atoms with Crippen molar-refractivity contribution in [3.8, 4) is 11.4 Å². The van der Waals surface area contributed by atoms with E-state index in [1.165, 1.54) is 0 Å². The van der Waals surface area contributed by atoms with Crippen molar-refractivity contribution in [3.05, 3.63) is 42.5 Å². The summed E-state index contributed by atoms with van der Waals surface area (Å²) in [6, 6.07) is 13.1. The van der Waals surface area contributed by atoms with Crippen LogP contribution in [0.3, 0.4) is 0 Å². The van der Waals surface area contributed by atoms with Gasteiger partial charge in [0, 0.05) is 12.1 Å². The van der Waals surface area contributed by atoms with Crippen molar-refractivity contribution in [2.75, 3.05) is 11.9 Å². The van der Waals surface area contributed by atoms with Gasteiger partial charge in [0.2, 0.25) is 5.91 Å². The fourth-order valence-electron chi connectivity index (χ4n) is 2.64. The van der Waals surface area contributed by atoms with Crippen LogP contribution in [0.5, 0.6) is 5.75 Å². The van der Waals surface area contributed by atoms with E-state index < -0.39 is 0 Å². The van der Waals surface area contributed by atoms with E-state index in [1.807, 2.05) is 56.3 Å². The average molecular weight is 398 g/mol. The molecule has 0 radical (unpaired) electrons. The molecular formula is C20H23N5O2S. The molecule has 146 valence electrons. The van der Waals surface area contributed by atoms with Gasteiger partial charge < -0.3 is 15.4 Å². The second-order valence-electron chi connectivity index (χ2n) is 6.23. The summed E-state index contributed by atoms with van der Waals surface area (Å²) in [6.45, 7) is 4.61. The van der Waals surface area contributed by atoms with Crippen LogP contribution in [0.25, 0.3) is 16.7 Å². The Kier molecular flexibility index (Phi) is 6.54. The topological polar surface area (TPSA) is 81.1 Å². The first-order valence-corrected chi connectivity index (χ1v) is 9.71. The summed E-state index contributed by atoms with van der Waals surface area (Å²) in [7, 11) is 0. The van der Waals surface area contributed by atoms with E-state index in [0.29, 0.717) is 13.0 Å². The van der Waals surface area contributed by atoms with Crippen LogP contribution in [0.1, 0.15) is 33.1 Å². The average Bonchev–Trinajstić information content (AvgIpc) is 3.10. The lowest BCUT2D eigenvalue weighted by atomic mass is 10.2. The number of thiocarbonyl (C=S) groups is 1. The van der Waals surface area contributed by atoms with Gasteiger partial charge in [-0.15, -0.1) is 10.2 Å². The van der Waals surface area contributed by atoms with Crippen molar-refractivity contribution in [2.24, 2.45) is 0 Å². The van der Waals surface area contributed by atoms with Crippen LogP contribution in [0.4, 0.5) is 5.69 Å². The Morgan fingerprint density at radius 1 is 1.11 bits per heavy atom. The van der Waals surface area contributed by atoms with Gasteiger partial charge in [0.25, 0.3) is 0 Å². The number of aromatic nitrogens is 3. The van der Waals surface area contributed by atoms with E-state index in [-0.39, 0.29) is 11.0 Å². The summed E-state index contributed by atoms with van der Waals surface area (Å²) < 4.78 is 5.46. The standard InChI is InChI=1S/C20H23N5O2S/c1-3-5-6-19(26)22-20(28)21-14-7-12-17-18(13-14)24-25(23-17)15-8-10-16(11-9-15)27-4-2/h7-13H,3-6H2,1-2H3,(H2,21,22,26,28). The Balaban J connectivity index is 1.70. The van der Waals surface area contributed by atoms with Gasteiger partial charge in [-0.1, -0.05) is 13.3 Å². The predicted molar refractivity (Wildman–Crippen MR) is 114 cm³/mol. The second kappa shape index (κ2) is 9.27. The number of unbranched alkanes of at least 4 members (excludes halogenated alkanes) is 1. The summed E-state index contributed by atoms with van der Waals surface area (Å²) in [4.78, 5) is 13.3. The van der Waals surface area contributed by atoms with E-state index in [4.69, 9.17) is 17.0 Å². The van der Waals surface area contributed by atoms with Crippen LogP contribution >= 0.6 is 12.2 Å². The molecule has 0 fully saturated rings. The Morgan fingerprint density at radius 3 is 2.57 bits per heavy atom. The van der Waals surface area contributed by atoms with Crippen molar-refractivity contribution in [2.45, 2.75) is 33.1 Å². The second-order valence-corrected chi connectivity index (χ2v) is 6.63. The third-order valence-electron chi connectivity index (χ3n) is 4.03. The fraction of sp³-hybridized carbons (Fsp3) is 0.300. The van der Waals surface area contributed by atoms with E-state index in [1.54, 1.807) is 4.80 Å². The van der Waals surface area contributed by atoms with E-state index in [9.17, 15) is 4.79 Å². The highest BCUT2D eigenvalue weighted by Crippen LogP contribution is 2.19. The molecule has 8 heteroatoms. The molecule has 0 saturated heterocycles. The fourth-order valence-corrected chi connectivity index (χ4v) is 2.87. The van der Waals surface area contributed by atoms with E-state index in [0.717, 1.165) is 41.0 Å². The van der Waals surface area contributed by atoms with Crippen LogP contribution in [0, 0.1) is 0 Å². The van der Waals surface area contributed by atoms with Crippen LogP contribution in [0.15, 0.2) is 42.5 Å². The minimum Gasteiger partial charge on any atom is -0.494 e. The number of benzene rings is 2. The molecule has 0 aliphatic heterocycles. The zero-order valence-corrected chi connectivity index (χ0v) is 16.8. The first-order valence-electron chi connectivity index (χ1n) is 9.30. The Hall–Kier alpha value is -3.00. The van der Waals surface area contributed by atoms with Crippen molar-refractivity contribution in [3.63, 3.8) is 0 Å². The highest BCUT2D eigenvalue weighted by Gasteiger charge is 2.08. The summed E-state index contributed by atoms with van der Waals surface area (Å²) in [5, 5.41) is 15.0. The summed E-state index contributed by atoms with van der Waals surface area (Å²) in [6.07, 6.45) is 2.27. The maximum absolute atomic E-state index is 11.8. The minimum atomic E-state index is -0.0816. The lowest BCUT2D eigenvalue weighted by molar-refractivity contribution is -0.119. The number of rotatable bonds is 7. The maximum Gasteiger partial charge on any atom is 0.226 e. The number of hydrogen-bond acceptors (Lipinski definition) is 5. The molecule has 1 heterocycles. The van der Waals surface area contributed by atoms with Gasteiger partial charge in [-0.3, -0.25) is 4.79 Å². The summed E-state index contributed by atoms with van der Waals surface area (Å²) >= 11 is 5.20. The number of carbonyl (C=O) groups is 1. The maximum atomic E-state index is 11.8. The van der Waals surface area contributed by atoms with Gasteiger partial charge in [-0.25, -0.2) is 0 Å². The predicted octanol–water partition coefficient (Wildman–Crippen LogP) is 3.82. The molecular weight excluding hydrogens is 374 g/mol. The van der Waals surface area contributed by atoms with Crippen molar-refractivity contribution in [1.29, 1.82) is 0 Å². The van der Waals surface area contributed by atoms with Gasteiger partial charge in [-0.2, -0.15) is 4.80 Å². The highest BCUT2D eigenvalue weighted by atomic mass is 32.1. The quantitative estimate of drug-likeness (QED) is 0.590. The van der Waals surface area contributed by atoms with Crippen molar-refractivity contribution >= 4 is 40.0 Å². The van der Waals surface area contributed by atoms with Crippen molar-refractivity contribution in [1.82, 2.24) is 20.3 Å². The van der Waals surface area contributed by atoms with E-state index >= 15 is 0 Å². The molecule has 2 aromatic carbocycles. The van der Waals surface area contributed by atoms with Gasteiger partial charge in [-0.05, 0) is 68.0 Å². The smallest absolute Gasteiger partial charge is 0.226 e. The Bertz CT molecular complexity index is 968. The molecule has 28 heavy (non-hydrogen) atoms. The van der Waals surface area contributed by atoms with Gasteiger partial charge >= 0.3 is 0 Å². The number of amides is 1. The molecule has 3 aromatic rings. The first kappa shape index (κ1) is 19.8. The zero-order valence-electron chi connectivity index (χ0n) is 15.9. The highest BCUT2D eigenvalue weighted by molar-refractivity contribution is 7.80. The lowest BCUT2D eigenvalue weighted by Crippen LogP contribution is -2.33. The third kappa shape index (κ3) is 5.04. The molecule has 0 atom stereocenters. The normalized spacial score (nSPS) is 10.6. The number of hydrogen-bond donors (Lipinski definition) is 2. The summed E-state index contributed by atoms with van der Waals surface area (Å²) in [5.41, 5.74) is 3.07. The van der Waals surface area contributed by atoms with E-state index in [2.05, 4.69) is 20.8 Å². The molecule has 7 nitrogen and oxygen atoms in total. The molecule has 0 bridgehead atoms. The minimum absolute atomic E-state index is 0.0816. The third-order valence-corrected chi connectivity index (χ3v) is 4.23.